The molecule has 1 heterocycles. The number of rotatable bonds is 7. The Hall–Kier alpha value is -3.42. The van der Waals surface area contributed by atoms with Crippen molar-refractivity contribution in [3.05, 3.63) is 59.4 Å². The van der Waals surface area contributed by atoms with E-state index in [1.807, 2.05) is 11.8 Å². The molecule has 2 aromatic carbocycles. The van der Waals surface area contributed by atoms with Gasteiger partial charge >= 0.3 is 5.97 Å². The van der Waals surface area contributed by atoms with Crippen LogP contribution in [-0.4, -0.2) is 62.0 Å². The van der Waals surface area contributed by atoms with E-state index in [9.17, 15) is 18.8 Å². The van der Waals surface area contributed by atoms with Crippen molar-refractivity contribution in [3.8, 4) is 5.75 Å². The molecule has 31 heavy (non-hydrogen) atoms. The van der Waals surface area contributed by atoms with Crippen LogP contribution in [0.3, 0.4) is 0 Å². The van der Waals surface area contributed by atoms with Crippen LogP contribution in [0.1, 0.15) is 34.6 Å². The lowest BCUT2D eigenvalue weighted by Gasteiger charge is -2.36. The number of halogens is 1. The van der Waals surface area contributed by atoms with E-state index in [2.05, 4.69) is 0 Å². The quantitative estimate of drug-likeness (QED) is 0.499. The molecule has 1 amide bonds. The van der Waals surface area contributed by atoms with Gasteiger partial charge in [-0.25, -0.2) is 9.18 Å². The zero-order valence-electron chi connectivity index (χ0n) is 17.6. The smallest absolute Gasteiger partial charge is 0.338 e. The van der Waals surface area contributed by atoms with E-state index >= 15 is 0 Å². The highest BCUT2D eigenvalue weighted by atomic mass is 19.1. The number of ketones is 1. The summed E-state index contributed by atoms with van der Waals surface area (Å²) in [5, 5.41) is 0. The number of Topliss-reactive ketones (excluding diaryl/α,β-unsaturated/α-hetero) is 1. The predicted octanol–water partition coefficient (Wildman–Crippen LogP) is 2.93. The van der Waals surface area contributed by atoms with E-state index < -0.39 is 11.8 Å². The van der Waals surface area contributed by atoms with Gasteiger partial charge < -0.3 is 19.3 Å². The molecule has 3 rings (SSSR count). The molecule has 0 N–H and O–H groups in total. The van der Waals surface area contributed by atoms with Crippen molar-refractivity contribution in [1.29, 1.82) is 0 Å². The fourth-order valence-corrected chi connectivity index (χ4v) is 3.33. The Labute approximate surface area is 180 Å². The SMILES string of the molecule is CCOc1ccc(C(=O)OCC(=O)N2CCN(c3ccc(C(C)=O)cc3F)CC2)cc1. The van der Waals surface area contributed by atoms with Crippen LogP contribution in [-0.2, 0) is 9.53 Å². The van der Waals surface area contributed by atoms with Gasteiger partial charge in [-0.1, -0.05) is 0 Å². The lowest BCUT2D eigenvalue weighted by molar-refractivity contribution is -0.134. The van der Waals surface area contributed by atoms with E-state index in [-0.39, 0.29) is 18.3 Å². The van der Waals surface area contributed by atoms with Gasteiger partial charge in [0.25, 0.3) is 5.91 Å². The molecule has 0 aromatic heterocycles. The number of hydrogen-bond donors (Lipinski definition) is 0. The maximum absolute atomic E-state index is 14.3. The van der Waals surface area contributed by atoms with Crippen LogP contribution in [0.2, 0.25) is 0 Å². The maximum Gasteiger partial charge on any atom is 0.338 e. The molecule has 0 saturated carbocycles. The van der Waals surface area contributed by atoms with Crippen LogP contribution < -0.4 is 9.64 Å². The first-order valence-corrected chi connectivity index (χ1v) is 10.1. The van der Waals surface area contributed by atoms with Crippen molar-refractivity contribution in [1.82, 2.24) is 4.90 Å². The molecule has 8 heteroatoms. The van der Waals surface area contributed by atoms with Crippen molar-refractivity contribution in [2.24, 2.45) is 0 Å². The molecule has 1 saturated heterocycles. The van der Waals surface area contributed by atoms with Crippen molar-refractivity contribution >= 4 is 23.3 Å². The molecule has 0 unspecified atom stereocenters. The number of carbonyl (C=O) groups is 3. The average Bonchev–Trinajstić information content (AvgIpc) is 2.78. The van der Waals surface area contributed by atoms with E-state index in [0.717, 1.165) is 0 Å². The van der Waals surface area contributed by atoms with Gasteiger partial charge in [0, 0.05) is 31.7 Å². The summed E-state index contributed by atoms with van der Waals surface area (Å²) in [5.74, 6) is -0.883. The van der Waals surface area contributed by atoms with Crippen molar-refractivity contribution in [2.45, 2.75) is 13.8 Å². The number of hydrogen-bond acceptors (Lipinski definition) is 6. The largest absolute Gasteiger partial charge is 0.494 e. The maximum atomic E-state index is 14.3. The van der Waals surface area contributed by atoms with Crippen LogP contribution >= 0.6 is 0 Å². The minimum Gasteiger partial charge on any atom is -0.494 e. The molecule has 7 nitrogen and oxygen atoms in total. The van der Waals surface area contributed by atoms with Crippen LogP contribution in [0.15, 0.2) is 42.5 Å². The van der Waals surface area contributed by atoms with E-state index in [4.69, 9.17) is 9.47 Å². The summed E-state index contributed by atoms with van der Waals surface area (Å²) in [5.41, 5.74) is 1.06. The van der Waals surface area contributed by atoms with Crippen molar-refractivity contribution < 1.29 is 28.2 Å². The Morgan fingerprint density at radius 1 is 0.968 bits per heavy atom. The highest BCUT2D eigenvalue weighted by molar-refractivity contribution is 5.94. The van der Waals surface area contributed by atoms with Gasteiger partial charge in [0.1, 0.15) is 11.6 Å². The zero-order valence-corrected chi connectivity index (χ0v) is 17.6. The normalized spacial score (nSPS) is 13.6. The molecular formula is C23H25FN2O5. The van der Waals surface area contributed by atoms with Crippen LogP contribution in [0, 0.1) is 5.82 Å². The highest BCUT2D eigenvalue weighted by Crippen LogP contribution is 2.22. The molecule has 1 aliphatic heterocycles. The van der Waals surface area contributed by atoms with Crippen LogP contribution in [0.25, 0.3) is 0 Å². The van der Waals surface area contributed by atoms with E-state index in [0.29, 0.717) is 55.3 Å². The summed E-state index contributed by atoms with van der Waals surface area (Å²) in [4.78, 5) is 39.3. The molecule has 2 aromatic rings. The first-order chi connectivity index (χ1) is 14.9. The molecular weight excluding hydrogens is 403 g/mol. The van der Waals surface area contributed by atoms with Gasteiger partial charge in [-0.3, -0.25) is 9.59 Å². The number of nitrogens with zero attached hydrogens (tertiary/aromatic N) is 2. The Balaban J connectivity index is 1.49. The van der Waals surface area contributed by atoms with E-state index in [1.165, 1.54) is 13.0 Å². The van der Waals surface area contributed by atoms with Crippen LogP contribution in [0.5, 0.6) is 5.75 Å². The molecule has 1 aliphatic rings. The number of anilines is 1. The molecule has 0 atom stereocenters. The van der Waals surface area contributed by atoms with Gasteiger partial charge in [-0.2, -0.15) is 0 Å². The topological polar surface area (TPSA) is 76.2 Å². The number of esters is 1. The highest BCUT2D eigenvalue weighted by Gasteiger charge is 2.24. The van der Waals surface area contributed by atoms with Gasteiger partial charge in [0.2, 0.25) is 0 Å². The Morgan fingerprint density at radius 2 is 1.61 bits per heavy atom. The Bertz CT molecular complexity index is 953. The number of piperazine rings is 1. The molecule has 1 fully saturated rings. The lowest BCUT2D eigenvalue weighted by Crippen LogP contribution is -2.50. The Morgan fingerprint density at radius 3 is 2.19 bits per heavy atom. The number of carbonyl (C=O) groups excluding carboxylic acids is 3. The molecule has 0 aliphatic carbocycles. The third-order valence-corrected chi connectivity index (χ3v) is 5.06. The van der Waals surface area contributed by atoms with E-state index in [1.54, 1.807) is 41.3 Å². The van der Waals surface area contributed by atoms with Gasteiger partial charge in [-0.15, -0.1) is 0 Å². The zero-order chi connectivity index (χ0) is 22.4. The summed E-state index contributed by atoms with van der Waals surface area (Å²) in [6.45, 7) is 5.08. The summed E-state index contributed by atoms with van der Waals surface area (Å²) in [7, 11) is 0. The monoisotopic (exact) mass is 428 g/mol. The average molecular weight is 428 g/mol. The fourth-order valence-electron chi connectivity index (χ4n) is 3.33. The molecule has 0 spiro atoms. The molecule has 0 radical (unpaired) electrons. The Kier molecular flexibility index (Phi) is 7.23. The summed E-state index contributed by atoms with van der Waals surface area (Å²) >= 11 is 0. The van der Waals surface area contributed by atoms with Crippen molar-refractivity contribution in [3.63, 3.8) is 0 Å². The minimum atomic E-state index is -0.581. The first kappa shape index (κ1) is 22.3. The molecule has 0 bridgehead atoms. The number of ether oxygens (including phenoxy) is 2. The predicted molar refractivity (Wildman–Crippen MR) is 113 cm³/mol. The molecule has 164 valence electrons. The summed E-state index contributed by atoms with van der Waals surface area (Å²) in [6, 6.07) is 10.9. The summed E-state index contributed by atoms with van der Waals surface area (Å²) in [6.07, 6.45) is 0. The van der Waals surface area contributed by atoms with Crippen molar-refractivity contribution in [2.75, 3.05) is 44.3 Å². The first-order valence-electron chi connectivity index (χ1n) is 10.1. The van der Waals surface area contributed by atoms with Crippen LogP contribution in [0.4, 0.5) is 10.1 Å². The van der Waals surface area contributed by atoms with Gasteiger partial charge in [-0.05, 0) is 56.3 Å². The standard InChI is InChI=1S/C23H25FN2O5/c1-3-30-19-7-4-17(5-8-19)23(29)31-15-22(28)26-12-10-25(11-13-26)21-9-6-18(16(2)27)14-20(21)24/h4-9,14H,3,10-13,15H2,1-2H3. The third kappa shape index (κ3) is 5.59. The summed E-state index contributed by atoms with van der Waals surface area (Å²) < 4.78 is 24.8. The third-order valence-electron chi connectivity index (χ3n) is 5.06. The second-order valence-electron chi connectivity index (χ2n) is 7.12. The second kappa shape index (κ2) is 10.1. The number of amides is 1. The lowest BCUT2D eigenvalue weighted by atomic mass is 10.1. The fraction of sp³-hybridized carbons (Fsp3) is 0.348. The van der Waals surface area contributed by atoms with Gasteiger partial charge in [0.15, 0.2) is 12.4 Å². The minimum absolute atomic E-state index is 0.194. The number of benzene rings is 2. The van der Waals surface area contributed by atoms with Gasteiger partial charge in [0.05, 0.1) is 17.9 Å². The second-order valence-corrected chi connectivity index (χ2v) is 7.12.